The molecule has 0 aliphatic carbocycles. The van der Waals surface area contributed by atoms with Gasteiger partial charge in [0.25, 0.3) is 0 Å². The van der Waals surface area contributed by atoms with Crippen molar-refractivity contribution in [3.63, 3.8) is 0 Å². The lowest BCUT2D eigenvalue weighted by atomic mass is 9.88. The van der Waals surface area contributed by atoms with Crippen LogP contribution in [0.5, 0.6) is 0 Å². The van der Waals surface area contributed by atoms with E-state index in [0.29, 0.717) is 12.0 Å². The number of halogens is 2. The normalized spacial score (nSPS) is 11.8. The average molecular weight is 265 g/mol. The summed E-state index contributed by atoms with van der Waals surface area (Å²) < 4.78 is 26.8. The number of hydrogen-bond donors (Lipinski definition) is 2. The largest absolute Gasteiger partial charge is 0.382 e. The minimum atomic E-state index is -0.636. The van der Waals surface area contributed by atoms with Gasteiger partial charge in [-0.1, -0.05) is 20.8 Å². The first-order chi connectivity index (χ1) is 8.78. The van der Waals surface area contributed by atoms with Crippen LogP contribution in [-0.4, -0.2) is 10.2 Å². The molecule has 0 unspecified atom stereocenters. The van der Waals surface area contributed by atoms with Crippen LogP contribution >= 0.6 is 0 Å². The van der Waals surface area contributed by atoms with Gasteiger partial charge in [-0.05, 0) is 24.0 Å². The van der Waals surface area contributed by atoms with Crippen molar-refractivity contribution in [3.05, 3.63) is 35.5 Å². The Morgan fingerprint density at radius 2 is 1.95 bits per heavy atom. The van der Waals surface area contributed by atoms with E-state index in [1.54, 1.807) is 0 Å². The van der Waals surface area contributed by atoms with E-state index >= 15 is 0 Å². The van der Waals surface area contributed by atoms with E-state index in [-0.39, 0.29) is 16.8 Å². The SMILES string of the molecule is CC(C)(C)Cc1[nH]nc(N)c1-c1ccc(F)cc1F. The monoisotopic (exact) mass is 265 g/mol. The second kappa shape index (κ2) is 4.64. The summed E-state index contributed by atoms with van der Waals surface area (Å²) in [5, 5.41) is 6.77. The lowest BCUT2D eigenvalue weighted by molar-refractivity contribution is 0.406. The van der Waals surface area contributed by atoms with Crippen LogP contribution < -0.4 is 5.73 Å². The predicted molar refractivity (Wildman–Crippen MR) is 71.5 cm³/mol. The molecular formula is C14H17F2N3. The zero-order valence-corrected chi connectivity index (χ0v) is 11.2. The molecule has 5 heteroatoms. The molecule has 102 valence electrons. The standard InChI is InChI=1S/C14H17F2N3/c1-14(2,3)7-11-12(13(17)19-18-11)9-5-4-8(15)6-10(9)16/h4-6H,7H2,1-3H3,(H3,17,18,19). The fourth-order valence-electron chi connectivity index (χ4n) is 2.05. The van der Waals surface area contributed by atoms with Crippen molar-refractivity contribution in [3.8, 4) is 11.1 Å². The molecular weight excluding hydrogens is 248 g/mol. The van der Waals surface area contributed by atoms with Crippen molar-refractivity contribution in [2.45, 2.75) is 27.2 Å². The molecule has 0 atom stereocenters. The highest BCUT2D eigenvalue weighted by atomic mass is 19.1. The van der Waals surface area contributed by atoms with Crippen molar-refractivity contribution in [1.82, 2.24) is 10.2 Å². The summed E-state index contributed by atoms with van der Waals surface area (Å²) in [4.78, 5) is 0. The van der Waals surface area contributed by atoms with E-state index in [2.05, 4.69) is 31.0 Å². The lowest BCUT2D eigenvalue weighted by Gasteiger charge is -2.18. The fraction of sp³-hybridized carbons (Fsp3) is 0.357. The molecule has 0 aliphatic heterocycles. The number of aromatic nitrogens is 2. The third-order valence-corrected chi connectivity index (χ3v) is 2.78. The van der Waals surface area contributed by atoms with Crippen LogP contribution in [0.25, 0.3) is 11.1 Å². The van der Waals surface area contributed by atoms with E-state index in [1.165, 1.54) is 12.1 Å². The molecule has 0 fully saturated rings. The summed E-state index contributed by atoms with van der Waals surface area (Å²) in [5.41, 5.74) is 7.35. The number of anilines is 1. The van der Waals surface area contributed by atoms with Gasteiger partial charge < -0.3 is 5.73 Å². The quantitative estimate of drug-likeness (QED) is 0.872. The first-order valence-corrected chi connectivity index (χ1v) is 6.06. The Morgan fingerprint density at radius 1 is 1.26 bits per heavy atom. The van der Waals surface area contributed by atoms with Gasteiger partial charge >= 0.3 is 0 Å². The van der Waals surface area contributed by atoms with Gasteiger partial charge in [-0.3, -0.25) is 5.10 Å². The molecule has 1 heterocycles. The molecule has 0 radical (unpaired) electrons. The van der Waals surface area contributed by atoms with E-state index in [4.69, 9.17) is 5.73 Å². The van der Waals surface area contributed by atoms with Crippen LogP contribution in [0.1, 0.15) is 26.5 Å². The van der Waals surface area contributed by atoms with Crippen molar-refractivity contribution < 1.29 is 8.78 Å². The number of nitrogens with zero attached hydrogens (tertiary/aromatic N) is 1. The molecule has 0 amide bonds. The average Bonchev–Trinajstić information content (AvgIpc) is 2.58. The number of nitrogens with two attached hydrogens (primary N) is 1. The van der Waals surface area contributed by atoms with Crippen LogP contribution in [-0.2, 0) is 6.42 Å². The van der Waals surface area contributed by atoms with Gasteiger partial charge in [0.05, 0.1) is 0 Å². The second-order valence-electron chi connectivity index (χ2n) is 5.82. The third kappa shape index (κ3) is 2.92. The summed E-state index contributed by atoms with van der Waals surface area (Å²) >= 11 is 0. The molecule has 1 aromatic heterocycles. The van der Waals surface area contributed by atoms with Crippen molar-refractivity contribution in [1.29, 1.82) is 0 Å². The summed E-state index contributed by atoms with van der Waals surface area (Å²) in [5.74, 6) is -1.02. The number of nitrogen functional groups attached to an aromatic ring is 1. The number of nitrogens with one attached hydrogen (secondary N) is 1. The molecule has 2 aromatic rings. The maximum absolute atomic E-state index is 13.9. The molecule has 0 aliphatic rings. The Balaban J connectivity index is 2.52. The Hall–Kier alpha value is -1.91. The number of aromatic amines is 1. The molecule has 0 spiro atoms. The summed E-state index contributed by atoms with van der Waals surface area (Å²) in [6, 6.07) is 3.45. The number of benzene rings is 1. The minimum absolute atomic E-state index is 0.00420. The second-order valence-corrected chi connectivity index (χ2v) is 5.82. The van der Waals surface area contributed by atoms with Gasteiger partial charge in [0, 0.05) is 22.9 Å². The summed E-state index contributed by atoms with van der Waals surface area (Å²) in [6.45, 7) is 6.19. The van der Waals surface area contributed by atoms with Crippen molar-refractivity contribution in [2.75, 3.05) is 5.73 Å². The van der Waals surface area contributed by atoms with Gasteiger partial charge in [0.15, 0.2) is 5.82 Å². The summed E-state index contributed by atoms with van der Waals surface area (Å²) in [6.07, 6.45) is 0.670. The number of hydrogen-bond acceptors (Lipinski definition) is 2. The van der Waals surface area contributed by atoms with Crippen LogP contribution in [0.15, 0.2) is 18.2 Å². The predicted octanol–water partition coefficient (Wildman–Crippen LogP) is 3.53. The first kappa shape index (κ1) is 13.5. The smallest absolute Gasteiger partial charge is 0.153 e. The van der Waals surface area contributed by atoms with Gasteiger partial charge in [0.1, 0.15) is 11.6 Å². The zero-order chi connectivity index (χ0) is 14.2. The van der Waals surface area contributed by atoms with Crippen molar-refractivity contribution >= 4 is 5.82 Å². The first-order valence-electron chi connectivity index (χ1n) is 6.06. The highest BCUT2D eigenvalue weighted by Gasteiger charge is 2.21. The lowest BCUT2D eigenvalue weighted by Crippen LogP contribution is -2.10. The minimum Gasteiger partial charge on any atom is -0.382 e. The molecule has 0 saturated carbocycles. The van der Waals surface area contributed by atoms with Crippen molar-refractivity contribution in [2.24, 2.45) is 5.41 Å². The van der Waals surface area contributed by atoms with Gasteiger partial charge in [-0.15, -0.1) is 0 Å². The Labute approximate surface area is 110 Å². The highest BCUT2D eigenvalue weighted by Crippen LogP contribution is 2.33. The number of H-pyrrole nitrogens is 1. The Kier molecular flexibility index (Phi) is 3.30. The molecule has 0 saturated heterocycles. The van der Waals surface area contributed by atoms with E-state index < -0.39 is 11.6 Å². The molecule has 19 heavy (non-hydrogen) atoms. The maximum atomic E-state index is 13.9. The topological polar surface area (TPSA) is 54.7 Å². The Bertz CT molecular complexity index is 597. The van der Waals surface area contributed by atoms with Crippen LogP contribution in [0.3, 0.4) is 0 Å². The van der Waals surface area contributed by atoms with Gasteiger partial charge in [-0.25, -0.2) is 8.78 Å². The van der Waals surface area contributed by atoms with Gasteiger partial charge in [-0.2, -0.15) is 5.10 Å². The highest BCUT2D eigenvalue weighted by molar-refractivity contribution is 5.76. The number of rotatable bonds is 2. The molecule has 3 N–H and O–H groups in total. The van der Waals surface area contributed by atoms with E-state index in [0.717, 1.165) is 11.8 Å². The Morgan fingerprint density at radius 3 is 2.53 bits per heavy atom. The maximum Gasteiger partial charge on any atom is 0.153 e. The molecule has 3 nitrogen and oxygen atoms in total. The van der Waals surface area contributed by atoms with Crippen LogP contribution in [0.2, 0.25) is 0 Å². The van der Waals surface area contributed by atoms with Gasteiger partial charge in [0.2, 0.25) is 0 Å². The van der Waals surface area contributed by atoms with Crippen LogP contribution in [0, 0.1) is 17.0 Å². The third-order valence-electron chi connectivity index (χ3n) is 2.78. The molecule has 1 aromatic carbocycles. The zero-order valence-electron chi connectivity index (χ0n) is 11.2. The van der Waals surface area contributed by atoms with E-state index in [1.807, 2.05) is 0 Å². The fourth-order valence-corrected chi connectivity index (χ4v) is 2.05. The molecule has 2 rings (SSSR count). The van der Waals surface area contributed by atoms with E-state index in [9.17, 15) is 8.78 Å². The molecule has 0 bridgehead atoms. The summed E-state index contributed by atoms with van der Waals surface area (Å²) in [7, 11) is 0. The van der Waals surface area contributed by atoms with Crippen LogP contribution in [0.4, 0.5) is 14.6 Å².